The molecule has 2 heterocycles. The molecule has 3 aromatic rings. The van der Waals surface area contributed by atoms with Crippen LogP contribution < -0.4 is 5.32 Å². The molecule has 0 saturated heterocycles. The van der Waals surface area contributed by atoms with Gasteiger partial charge >= 0.3 is 0 Å². The first kappa shape index (κ1) is 14.8. The predicted molar refractivity (Wildman–Crippen MR) is 88.5 cm³/mol. The molecule has 0 spiro atoms. The van der Waals surface area contributed by atoms with Gasteiger partial charge in [-0.2, -0.15) is 0 Å². The SMILES string of the molecule is O=C(NCc1ccncc1)c1snnc1-c1ccc(Br)cc1. The van der Waals surface area contributed by atoms with Crippen LogP contribution in [0.4, 0.5) is 0 Å². The topological polar surface area (TPSA) is 67.8 Å². The molecule has 110 valence electrons. The van der Waals surface area contributed by atoms with E-state index in [4.69, 9.17) is 0 Å². The van der Waals surface area contributed by atoms with Crippen LogP contribution in [-0.4, -0.2) is 20.5 Å². The summed E-state index contributed by atoms with van der Waals surface area (Å²) in [6.07, 6.45) is 3.39. The van der Waals surface area contributed by atoms with E-state index in [2.05, 4.69) is 35.8 Å². The molecule has 3 rings (SSSR count). The van der Waals surface area contributed by atoms with Crippen molar-refractivity contribution in [1.29, 1.82) is 0 Å². The number of amides is 1. The van der Waals surface area contributed by atoms with E-state index in [0.29, 0.717) is 17.1 Å². The number of carbonyl (C=O) groups excluding carboxylic acids is 1. The van der Waals surface area contributed by atoms with Crippen LogP contribution in [0.25, 0.3) is 11.3 Å². The summed E-state index contributed by atoms with van der Waals surface area (Å²) in [5.74, 6) is -0.176. The molecule has 0 aliphatic heterocycles. The van der Waals surface area contributed by atoms with Crippen molar-refractivity contribution in [3.63, 3.8) is 0 Å². The maximum Gasteiger partial charge on any atom is 0.265 e. The number of rotatable bonds is 4. The van der Waals surface area contributed by atoms with E-state index in [0.717, 1.165) is 27.1 Å². The van der Waals surface area contributed by atoms with E-state index in [-0.39, 0.29) is 5.91 Å². The largest absolute Gasteiger partial charge is 0.347 e. The Labute approximate surface area is 139 Å². The number of nitrogens with zero attached hydrogens (tertiary/aromatic N) is 3. The van der Waals surface area contributed by atoms with E-state index in [1.807, 2.05) is 36.4 Å². The smallest absolute Gasteiger partial charge is 0.265 e. The fraction of sp³-hybridized carbons (Fsp3) is 0.0667. The second kappa shape index (κ2) is 6.76. The molecule has 0 saturated carbocycles. The highest BCUT2D eigenvalue weighted by molar-refractivity contribution is 9.10. The molecular formula is C15H11BrN4OS. The number of benzene rings is 1. The van der Waals surface area contributed by atoms with Crippen molar-refractivity contribution in [2.45, 2.75) is 6.54 Å². The molecule has 0 aliphatic carbocycles. The fourth-order valence-electron chi connectivity index (χ4n) is 1.90. The first-order valence-corrected chi connectivity index (χ1v) is 8.06. The number of nitrogens with one attached hydrogen (secondary N) is 1. The number of halogens is 1. The Hall–Kier alpha value is -2.12. The summed E-state index contributed by atoms with van der Waals surface area (Å²) in [7, 11) is 0. The monoisotopic (exact) mass is 374 g/mol. The average Bonchev–Trinajstić information content (AvgIpc) is 3.04. The maximum absolute atomic E-state index is 12.3. The third-order valence-electron chi connectivity index (χ3n) is 3.01. The number of hydrogen-bond donors (Lipinski definition) is 1. The van der Waals surface area contributed by atoms with Crippen molar-refractivity contribution in [3.05, 3.63) is 63.7 Å². The minimum absolute atomic E-state index is 0.176. The van der Waals surface area contributed by atoms with E-state index in [1.165, 1.54) is 0 Å². The lowest BCUT2D eigenvalue weighted by Gasteiger charge is -2.05. The van der Waals surface area contributed by atoms with Gasteiger partial charge in [0.2, 0.25) is 0 Å². The van der Waals surface area contributed by atoms with Crippen molar-refractivity contribution >= 4 is 33.4 Å². The third kappa shape index (κ3) is 3.37. The van der Waals surface area contributed by atoms with E-state index in [9.17, 15) is 4.79 Å². The van der Waals surface area contributed by atoms with Gasteiger partial charge in [-0.05, 0) is 41.4 Å². The molecule has 0 aliphatic rings. The van der Waals surface area contributed by atoms with Crippen molar-refractivity contribution in [1.82, 2.24) is 19.9 Å². The Bertz CT molecular complexity index is 774. The number of pyridine rings is 1. The van der Waals surface area contributed by atoms with Gasteiger partial charge in [0.25, 0.3) is 5.91 Å². The van der Waals surface area contributed by atoms with Gasteiger partial charge in [-0.15, -0.1) is 5.10 Å². The maximum atomic E-state index is 12.3. The van der Waals surface area contributed by atoms with Gasteiger partial charge < -0.3 is 5.32 Å². The molecule has 2 aromatic heterocycles. The molecule has 0 radical (unpaired) electrons. The Morgan fingerprint density at radius 3 is 2.59 bits per heavy atom. The predicted octanol–water partition coefficient (Wildman–Crippen LogP) is 3.29. The summed E-state index contributed by atoms with van der Waals surface area (Å²) in [5, 5.41) is 6.95. The highest BCUT2D eigenvalue weighted by atomic mass is 79.9. The van der Waals surface area contributed by atoms with Crippen molar-refractivity contribution in [2.24, 2.45) is 0 Å². The van der Waals surface area contributed by atoms with Crippen molar-refractivity contribution < 1.29 is 4.79 Å². The van der Waals surface area contributed by atoms with E-state index < -0.39 is 0 Å². The molecule has 0 unspecified atom stereocenters. The molecule has 5 nitrogen and oxygen atoms in total. The van der Waals surface area contributed by atoms with Crippen LogP contribution in [0.5, 0.6) is 0 Å². The van der Waals surface area contributed by atoms with Crippen LogP contribution in [0.2, 0.25) is 0 Å². The summed E-state index contributed by atoms with van der Waals surface area (Å²) in [4.78, 5) is 16.8. The lowest BCUT2D eigenvalue weighted by Crippen LogP contribution is -2.22. The van der Waals surface area contributed by atoms with Crippen LogP contribution in [0.15, 0.2) is 53.3 Å². The van der Waals surface area contributed by atoms with Crippen LogP contribution in [-0.2, 0) is 6.54 Å². The minimum atomic E-state index is -0.176. The normalized spacial score (nSPS) is 10.4. The first-order valence-electron chi connectivity index (χ1n) is 6.49. The van der Waals surface area contributed by atoms with Gasteiger partial charge in [-0.1, -0.05) is 32.6 Å². The lowest BCUT2D eigenvalue weighted by atomic mass is 10.1. The number of hydrogen-bond acceptors (Lipinski definition) is 5. The third-order valence-corrected chi connectivity index (χ3v) is 4.27. The molecule has 7 heteroatoms. The number of carbonyl (C=O) groups is 1. The number of aromatic nitrogens is 3. The van der Waals surface area contributed by atoms with Crippen molar-refractivity contribution in [3.8, 4) is 11.3 Å². The van der Waals surface area contributed by atoms with Gasteiger partial charge in [0.05, 0.1) is 0 Å². The van der Waals surface area contributed by atoms with Crippen LogP contribution in [0.1, 0.15) is 15.2 Å². The van der Waals surface area contributed by atoms with E-state index >= 15 is 0 Å². The molecule has 22 heavy (non-hydrogen) atoms. The zero-order valence-electron chi connectivity index (χ0n) is 11.4. The molecular weight excluding hydrogens is 364 g/mol. The average molecular weight is 375 g/mol. The molecule has 1 amide bonds. The van der Waals surface area contributed by atoms with Crippen LogP contribution in [0.3, 0.4) is 0 Å². The quantitative estimate of drug-likeness (QED) is 0.760. The van der Waals surface area contributed by atoms with E-state index in [1.54, 1.807) is 12.4 Å². The second-order valence-electron chi connectivity index (χ2n) is 4.50. The Morgan fingerprint density at radius 2 is 1.86 bits per heavy atom. The first-order chi connectivity index (χ1) is 10.7. The highest BCUT2D eigenvalue weighted by Gasteiger charge is 2.17. The summed E-state index contributed by atoms with van der Waals surface area (Å²) < 4.78 is 4.88. The van der Waals surface area contributed by atoms with Gasteiger partial charge in [-0.3, -0.25) is 9.78 Å². The zero-order valence-corrected chi connectivity index (χ0v) is 13.8. The van der Waals surface area contributed by atoms with Crippen LogP contribution in [0, 0.1) is 0 Å². The molecule has 0 fully saturated rings. The van der Waals surface area contributed by atoms with Crippen LogP contribution >= 0.6 is 27.5 Å². The van der Waals surface area contributed by atoms with Gasteiger partial charge in [0, 0.05) is 29.0 Å². The summed E-state index contributed by atoms with van der Waals surface area (Å²) in [5.41, 5.74) is 2.46. The summed E-state index contributed by atoms with van der Waals surface area (Å²) in [6.45, 7) is 0.443. The lowest BCUT2D eigenvalue weighted by molar-refractivity contribution is 0.0955. The van der Waals surface area contributed by atoms with Crippen molar-refractivity contribution in [2.75, 3.05) is 0 Å². The van der Waals surface area contributed by atoms with Gasteiger partial charge in [0.1, 0.15) is 10.6 Å². The van der Waals surface area contributed by atoms with Gasteiger partial charge in [0.15, 0.2) is 0 Å². The zero-order chi connectivity index (χ0) is 15.4. The summed E-state index contributed by atoms with van der Waals surface area (Å²) in [6, 6.07) is 11.4. The minimum Gasteiger partial charge on any atom is -0.347 e. The summed E-state index contributed by atoms with van der Waals surface area (Å²) >= 11 is 4.48. The molecule has 0 bridgehead atoms. The Balaban J connectivity index is 1.76. The second-order valence-corrected chi connectivity index (χ2v) is 6.17. The van der Waals surface area contributed by atoms with Gasteiger partial charge in [-0.25, -0.2) is 0 Å². The molecule has 0 atom stereocenters. The fourth-order valence-corrected chi connectivity index (χ4v) is 2.77. The standard InChI is InChI=1S/C15H11BrN4OS/c16-12-3-1-11(2-4-12)13-14(22-20-19-13)15(21)18-9-10-5-7-17-8-6-10/h1-8H,9H2,(H,18,21). The Kier molecular flexibility index (Phi) is 4.55. The molecule has 1 aromatic carbocycles. The Morgan fingerprint density at radius 1 is 1.14 bits per heavy atom. The highest BCUT2D eigenvalue weighted by Crippen LogP contribution is 2.25. The molecule has 1 N–H and O–H groups in total.